The van der Waals surface area contributed by atoms with Gasteiger partial charge in [-0.1, -0.05) is 5.16 Å². The lowest BCUT2D eigenvalue weighted by Crippen LogP contribution is -2.44. The SMILES string of the molecule is Cc1noc(C)c1C(=O)N1CCCCC1CCC(=O)O. The Labute approximate surface area is 117 Å². The number of aliphatic carboxylic acids is 1. The van der Waals surface area contributed by atoms with Crippen LogP contribution in [0.3, 0.4) is 0 Å². The topological polar surface area (TPSA) is 83.6 Å². The Kier molecular flexibility index (Phi) is 4.42. The van der Waals surface area contributed by atoms with Crippen molar-refractivity contribution in [3.05, 3.63) is 17.0 Å². The normalized spacial score (nSPS) is 19.1. The first-order valence-corrected chi connectivity index (χ1v) is 6.96. The van der Waals surface area contributed by atoms with E-state index in [9.17, 15) is 9.59 Å². The first-order chi connectivity index (χ1) is 9.50. The zero-order chi connectivity index (χ0) is 14.7. The number of aryl methyl sites for hydroxylation is 2. The van der Waals surface area contributed by atoms with Gasteiger partial charge in [-0.05, 0) is 39.5 Å². The number of carbonyl (C=O) groups is 2. The minimum Gasteiger partial charge on any atom is -0.481 e. The van der Waals surface area contributed by atoms with Gasteiger partial charge in [-0.3, -0.25) is 9.59 Å². The molecule has 6 heteroatoms. The smallest absolute Gasteiger partial charge is 0.303 e. The van der Waals surface area contributed by atoms with Crippen molar-refractivity contribution in [1.82, 2.24) is 10.1 Å². The van der Waals surface area contributed by atoms with Crippen LogP contribution in [0.5, 0.6) is 0 Å². The van der Waals surface area contributed by atoms with E-state index in [0.717, 1.165) is 19.3 Å². The van der Waals surface area contributed by atoms with Crippen LogP contribution in [0.4, 0.5) is 0 Å². The van der Waals surface area contributed by atoms with E-state index in [1.807, 2.05) is 0 Å². The lowest BCUT2D eigenvalue weighted by molar-refractivity contribution is -0.137. The maximum Gasteiger partial charge on any atom is 0.303 e. The van der Waals surface area contributed by atoms with E-state index in [1.165, 1.54) is 0 Å². The molecule has 1 aromatic heterocycles. The van der Waals surface area contributed by atoms with E-state index in [4.69, 9.17) is 9.63 Å². The zero-order valence-electron chi connectivity index (χ0n) is 11.9. The van der Waals surface area contributed by atoms with Crippen LogP contribution in [-0.2, 0) is 4.79 Å². The van der Waals surface area contributed by atoms with Crippen LogP contribution in [0.2, 0.25) is 0 Å². The van der Waals surface area contributed by atoms with Gasteiger partial charge in [0.2, 0.25) is 0 Å². The summed E-state index contributed by atoms with van der Waals surface area (Å²) in [4.78, 5) is 25.2. The van der Waals surface area contributed by atoms with Gasteiger partial charge in [0, 0.05) is 19.0 Å². The first-order valence-electron chi connectivity index (χ1n) is 6.96. The fourth-order valence-corrected chi connectivity index (χ4v) is 2.79. The molecule has 1 aliphatic heterocycles. The molecule has 1 amide bonds. The summed E-state index contributed by atoms with van der Waals surface area (Å²) in [7, 11) is 0. The molecule has 0 aromatic carbocycles. The average Bonchev–Trinajstić information content (AvgIpc) is 2.75. The number of nitrogens with zero attached hydrogens (tertiary/aromatic N) is 2. The third-order valence-electron chi connectivity index (χ3n) is 3.83. The Morgan fingerprint density at radius 2 is 2.15 bits per heavy atom. The lowest BCUT2D eigenvalue weighted by Gasteiger charge is -2.35. The average molecular weight is 280 g/mol. The molecule has 110 valence electrons. The van der Waals surface area contributed by atoms with Crippen LogP contribution in [0.1, 0.15) is 53.9 Å². The molecule has 1 aromatic rings. The highest BCUT2D eigenvalue weighted by atomic mass is 16.5. The van der Waals surface area contributed by atoms with Crippen molar-refractivity contribution < 1.29 is 19.2 Å². The highest BCUT2D eigenvalue weighted by molar-refractivity contribution is 5.96. The minimum absolute atomic E-state index is 0.000972. The summed E-state index contributed by atoms with van der Waals surface area (Å²) in [6.45, 7) is 4.15. The number of aromatic nitrogens is 1. The Morgan fingerprint density at radius 3 is 2.75 bits per heavy atom. The molecule has 1 aliphatic rings. The largest absolute Gasteiger partial charge is 0.481 e. The third-order valence-corrected chi connectivity index (χ3v) is 3.83. The Hall–Kier alpha value is -1.85. The summed E-state index contributed by atoms with van der Waals surface area (Å²) in [5, 5.41) is 12.6. The molecule has 2 rings (SSSR count). The summed E-state index contributed by atoms with van der Waals surface area (Å²) in [5.74, 6) is -0.383. The van der Waals surface area contributed by atoms with Crippen molar-refractivity contribution in [1.29, 1.82) is 0 Å². The van der Waals surface area contributed by atoms with Crippen molar-refractivity contribution in [2.45, 2.75) is 52.0 Å². The number of rotatable bonds is 4. The fourth-order valence-electron chi connectivity index (χ4n) is 2.79. The van der Waals surface area contributed by atoms with Crippen molar-refractivity contribution in [3.8, 4) is 0 Å². The molecule has 0 radical (unpaired) electrons. The number of carboxylic acids is 1. The first kappa shape index (κ1) is 14.6. The van der Waals surface area contributed by atoms with Crippen LogP contribution in [-0.4, -0.2) is 39.6 Å². The number of hydrogen-bond donors (Lipinski definition) is 1. The molecule has 0 spiro atoms. The van der Waals surface area contributed by atoms with E-state index >= 15 is 0 Å². The van der Waals surface area contributed by atoms with Crippen molar-refractivity contribution >= 4 is 11.9 Å². The Morgan fingerprint density at radius 1 is 1.40 bits per heavy atom. The third kappa shape index (κ3) is 3.00. The van der Waals surface area contributed by atoms with Gasteiger partial charge in [-0.15, -0.1) is 0 Å². The maximum atomic E-state index is 12.6. The van der Waals surface area contributed by atoms with E-state index in [1.54, 1.807) is 18.7 Å². The number of carboxylic acid groups (broad SMARTS) is 1. The van der Waals surface area contributed by atoms with Gasteiger partial charge >= 0.3 is 5.97 Å². The molecule has 0 bridgehead atoms. The van der Waals surface area contributed by atoms with Crippen LogP contribution in [0, 0.1) is 13.8 Å². The second-order valence-electron chi connectivity index (χ2n) is 5.28. The molecular weight excluding hydrogens is 260 g/mol. The second kappa shape index (κ2) is 6.07. The van der Waals surface area contributed by atoms with Crippen molar-refractivity contribution in [2.75, 3.05) is 6.54 Å². The van der Waals surface area contributed by atoms with Gasteiger partial charge in [-0.2, -0.15) is 0 Å². The van der Waals surface area contributed by atoms with E-state index in [0.29, 0.717) is 30.0 Å². The summed E-state index contributed by atoms with van der Waals surface area (Å²) < 4.78 is 5.05. The Balaban J connectivity index is 2.15. The van der Waals surface area contributed by atoms with Crippen LogP contribution >= 0.6 is 0 Å². The number of amides is 1. The van der Waals surface area contributed by atoms with E-state index in [2.05, 4.69) is 5.16 Å². The molecule has 1 atom stereocenters. The van der Waals surface area contributed by atoms with Crippen LogP contribution in [0.15, 0.2) is 4.52 Å². The molecule has 1 N–H and O–H groups in total. The summed E-state index contributed by atoms with van der Waals surface area (Å²) in [6, 6.07) is 0.000972. The molecule has 2 heterocycles. The highest BCUT2D eigenvalue weighted by Crippen LogP contribution is 2.25. The van der Waals surface area contributed by atoms with E-state index < -0.39 is 5.97 Å². The van der Waals surface area contributed by atoms with Crippen molar-refractivity contribution in [2.24, 2.45) is 0 Å². The molecule has 1 saturated heterocycles. The number of carbonyl (C=O) groups excluding carboxylic acids is 1. The van der Waals surface area contributed by atoms with Gasteiger partial charge in [-0.25, -0.2) is 0 Å². The lowest BCUT2D eigenvalue weighted by atomic mass is 9.96. The predicted octanol–water partition coefficient (Wildman–Crippen LogP) is 2.15. The van der Waals surface area contributed by atoms with Gasteiger partial charge in [0.15, 0.2) is 0 Å². The van der Waals surface area contributed by atoms with Crippen LogP contribution < -0.4 is 0 Å². The van der Waals surface area contributed by atoms with Crippen molar-refractivity contribution in [3.63, 3.8) is 0 Å². The fraction of sp³-hybridized carbons (Fsp3) is 0.643. The number of likely N-dealkylation sites (tertiary alicyclic amines) is 1. The summed E-state index contributed by atoms with van der Waals surface area (Å²) in [5.41, 5.74) is 1.11. The number of piperidine rings is 1. The molecule has 0 aliphatic carbocycles. The number of hydrogen-bond acceptors (Lipinski definition) is 4. The van der Waals surface area contributed by atoms with Crippen LogP contribution in [0.25, 0.3) is 0 Å². The predicted molar refractivity (Wildman–Crippen MR) is 71.5 cm³/mol. The Bertz CT molecular complexity index is 490. The van der Waals surface area contributed by atoms with Gasteiger partial charge in [0.05, 0.1) is 5.69 Å². The van der Waals surface area contributed by atoms with E-state index in [-0.39, 0.29) is 18.4 Å². The standard InChI is InChI=1S/C14H20N2O4/c1-9-13(10(2)20-15-9)14(19)16-8-4-3-5-11(16)6-7-12(17)18/h11H,3-8H2,1-2H3,(H,17,18). The summed E-state index contributed by atoms with van der Waals surface area (Å²) >= 11 is 0. The molecule has 20 heavy (non-hydrogen) atoms. The van der Waals surface area contributed by atoms with Gasteiger partial charge in [0.25, 0.3) is 5.91 Å². The second-order valence-corrected chi connectivity index (χ2v) is 5.28. The molecule has 1 fully saturated rings. The minimum atomic E-state index is -0.819. The molecular formula is C14H20N2O4. The summed E-state index contributed by atoms with van der Waals surface area (Å²) in [6.07, 6.45) is 3.46. The molecule has 0 saturated carbocycles. The quantitative estimate of drug-likeness (QED) is 0.913. The van der Waals surface area contributed by atoms with Gasteiger partial charge < -0.3 is 14.5 Å². The monoisotopic (exact) mass is 280 g/mol. The highest BCUT2D eigenvalue weighted by Gasteiger charge is 2.30. The van der Waals surface area contributed by atoms with Gasteiger partial charge in [0.1, 0.15) is 11.3 Å². The molecule has 1 unspecified atom stereocenters. The zero-order valence-corrected chi connectivity index (χ0v) is 11.9. The molecule has 6 nitrogen and oxygen atoms in total. The maximum absolute atomic E-state index is 12.6.